The van der Waals surface area contributed by atoms with E-state index < -0.39 is 0 Å². The number of carbonyl (C=O) groups is 1. The molecule has 0 N–H and O–H groups in total. The van der Waals surface area contributed by atoms with Gasteiger partial charge in [0.15, 0.2) is 5.78 Å². The molecule has 0 spiro atoms. The number of aromatic nitrogens is 2. The molecule has 0 saturated carbocycles. The number of nitrogens with zero attached hydrogens (tertiary/aromatic N) is 5. The SMILES string of the molecule is C=Cc1c(N=C)c(C(=O)CN2CCCCC2)c(C)n1-c1ccc(C#N)nc1. The van der Waals surface area contributed by atoms with Crippen molar-refractivity contribution < 1.29 is 4.79 Å². The zero-order chi connectivity index (χ0) is 19.4. The van der Waals surface area contributed by atoms with Gasteiger partial charge in [-0.1, -0.05) is 13.0 Å². The molecule has 0 aromatic carbocycles. The van der Waals surface area contributed by atoms with Crippen molar-refractivity contribution in [2.24, 2.45) is 4.99 Å². The lowest BCUT2D eigenvalue weighted by atomic mass is 10.1. The first kappa shape index (κ1) is 18.7. The van der Waals surface area contributed by atoms with Crippen molar-refractivity contribution >= 4 is 24.3 Å². The van der Waals surface area contributed by atoms with Gasteiger partial charge in [0.05, 0.1) is 35.4 Å². The fraction of sp³-hybridized carbons (Fsp3) is 0.333. The number of hydrogen-bond donors (Lipinski definition) is 0. The summed E-state index contributed by atoms with van der Waals surface area (Å²) in [5, 5.41) is 8.96. The highest BCUT2D eigenvalue weighted by molar-refractivity contribution is 6.05. The highest BCUT2D eigenvalue weighted by atomic mass is 16.1. The summed E-state index contributed by atoms with van der Waals surface area (Å²) >= 11 is 0. The highest BCUT2D eigenvalue weighted by Crippen LogP contribution is 2.34. The van der Waals surface area contributed by atoms with Crippen LogP contribution < -0.4 is 0 Å². The molecule has 1 saturated heterocycles. The molecule has 138 valence electrons. The van der Waals surface area contributed by atoms with Crippen LogP contribution in [-0.4, -0.2) is 46.6 Å². The van der Waals surface area contributed by atoms with Gasteiger partial charge in [0, 0.05) is 5.69 Å². The molecule has 0 amide bonds. The van der Waals surface area contributed by atoms with Crippen molar-refractivity contribution in [3.05, 3.63) is 47.6 Å². The summed E-state index contributed by atoms with van der Waals surface area (Å²) in [6.07, 6.45) is 6.78. The predicted octanol–water partition coefficient (Wildman–Crippen LogP) is 3.70. The van der Waals surface area contributed by atoms with Crippen LogP contribution in [0.5, 0.6) is 0 Å². The third-order valence-corrected chi connectivity index (χ3v) is 4.98. The van der Waals surface area contributed by atoms with Crippen molar-refractivity contribution in [1.82, 2.24) is 14.5 Å². The second-order valence-electron chi connectivity index (χ2n) is 6.67. The van der Waals surface area contributed by atoms with Crippen molar-refractivity contribution in [2.75, 3.05) is 19.6 Å². The Hall–Kier alpha value is -3.04. The Balaban J connectivity index is 2.04. The fourth-order valence-corrected chi connectivity index (χ4v) is 3.70. The number of ketones is 1. The lowest BCUT2D eigenvalue weighted by molar-refractivity contribution is 0.0916. The molecule has 0 bridgehead atoms. The maximum Gasteiger partial charge on any atom is 0.180 e. The Bertz CT molecular complexity index is 912. The van der Waals surface area contributed by atoms with Crippen molar-refractivity contribution in [2.45, 2.75) is 26.2 Å². The molecule has 3 heterocycles. The molecule has 0 atom stereocenters. The van der Waals surface area contributed by atoms with Gasteiger partial charge in [0.2, 0.25) is 0 Å². The van der Waals surface area contributed by atoms with Gasteiger partial charge >= 0.3 is 0 Å². The number of Topliss-reactive ketones (excluding diaryl/α,β-unsaturated/α-hetero) is 1. The molecule has 1 fully saturated rings. The van der Waals surface area contributed by atoms with Gasteiger partial charge in [0.1, 0.15) is 11.8 Å². The number of pyridine rings is 1. The van der Waals surface area contributed by atoms with Crippen LogP contribution >= 0.6 is 0 Å². The maximum absolute atomic E-state index is 13.1. The van der Waals surface area contributed by atoms with E-state index in [0.717, 1.165) is 37.3 Å². The van der Waals surface area contributed by atoms with Crippen molar-refractivity contribution in [1.29, 1.82) is 5.26 Å². The molecule has 3 rings (SSSR count). The van der Waals surface area contributed by atoms with E-state index in [-0.39, 0.29) is 5.78 Å². The molecule has 0 unspecified atom stereocenters. The number of rotatable bonds is 6. The van der Waals surface area contributed by atoms with Gasteiger partial charge in [-0.15, -0.1) is 0 Å². The van der Waals surface area contributed by atoms with Crippen molar-refractivity contribution in [3.8, 4) is 11.8 Å². The van der Waals surface area contributed by atoms with E-state index in [0.29, 0.717) is 29.2 Å². The van der Waals surface area contributed by atoms with E-state index in [1.165, 1.54) is 6.42 Å². The summed E-state index contributed by atoms with van der Waals surface area (Å²) in [7, 11) is 0. The quantitative estimate of drug-likeness (QED) is 0.581. The van der Waals surface area contributed by atoms with Crippen LogP contribution in [0, 0.1) is 18.3 Å². The number of carbonyl (C=O) groups excluding carboxylic acids is 1. The summed E-state index contributed by atoms with van der Waals surface area (Å²) in [6, 6.07) is 5.47. The van der Waals surface area contributed by atoms with Crippen LogP contribution in [0.3, 0.4) is 0 Å². The van der Waals surface area contributed by atoms with Gasteiger partial charge < -0.3 is 4.57 Å². The second-order valence-corrected chi connectivity index (χ2v) is 6.67. The minimum absolute atomic E-state index is 0.0419. The number of hydrogen-bond acceptors (Lipinski definition) is 5. The fourth-order valence-electron chi connectivity index (χ4n) is 3.70. The molecule has 6 nitrogen and oxygen atoms in total. The first-order valence-electron chi connectivity index (χ1n) is 9.07. The minimum atomic E-state index is 0.0419. The lowest BCUT2D eigenvalue weighted by Gasteiger charge is -2.25. The van der Waals surface area contributed by atoms with E-state index in [1.54, 1.807) is 24.4 Å². The monoisotopic (exact) mass is 361 g/mol. The molecule has 1 aliphatic heterocycles. The van der Waals surface area contributed by atoms with Crippen LogP contribution in [0.15, 0.2) is 29.9 Å². The zero-order valence-electron chi connectivity index (χ0n) is 15.6. The second kappa shape index (κ2) is 8.11. The van der Waals surface area contributed by atoms with E-state index >= 15 is 0 Å². The zero-order valence-corrected chi connectivity index (χ0v) is 15.6. The maximum atomic E-state index is 13.1. The van der Waals surface area contributed by atoms with E-state index in [4.69, 9.17) is 5.26 Å². The Morgan fingerprint density at radius 1 is 1.37 bits per heavy atom. The third kappa shape index (κ3) is 3.60. The summed E-state index contributed by atoms with van der Waals surface area (Å²) in [5.41, 5.74) is 3.70. The Morgan fingerprint density at radius 3 is 2.67 bits per heavy atom. The van der Waals surface area contributed by atoms with Gasteiger partial charge in [-0.05, 0) is 57.8 Å². The van der Waals surface area contributed by atoms with Gasteiger partial charge in [-0.25, -0.2) is 4.98 Å². The summed E-state index contributed by atoms with van der Waals surface area (Å²) < 4.78 is 1.90. The van der Waals surface area contributed by atoms with Crippen molar-refractivity contribution in [3.63, 3.8) is 0 Å². The van der Waals surface area contributed by atoms with Crippen LogP contribution in [-0.2, 0) is 0 Å². The van der Waals surface area contributed by atoms with E-state index in [9.17, 15) is 4.79 Å². The lowest BCUT2D eigenvalue weighted by Crippen LogP contribution is -2.34. The van der Waals surface area contributed by atoms with E-state index in [2.05, 4.69) is 28.2 Å². The van der Waals surface area contributed by atoms with Crippen LogP contribution in [0.25, 0.3) is 11.8 Å². The molecule has 6 heteroatoms. The Morgan fingerprint density at radius 2 is 2.11 bits per heavy atom. The molecule has 0 aliphatic carbocycles. The largest absolute Gasteiger partial charge is 0.310 e. The number of likely N-dealkylation sites (tertiary alicyclic amines) is 1. The normalized spacial score (nSPS) is 14.5. The predicted molar refractivity (Wildman–Crippen MR) is 107 cm³/mol. The molecule has 2 aromatic heterocycles. The molecule has 0 radical (unpaired) electrons. The van der Waals surface area contributed by atoms with E-state index in [1.807, 2.05) is 17.6 Å². The highest BCUT2D eigenvalue weighted by Gasteiger charge is 2.26. The third-order valence-electron chi connectivity index (χ3n) is 4.98. The Kier molecular flexibility index (Phi) is 5.63. The summed E-state index contributed by atoms with van der Waals surface area (Å²) in [4.78, 5) is 23.6. The summed E-state index contributed by atoms with van der Waals surface area (Å²) in [6.45, 7) is 11.7. The van der Waals surface area contributed by atoms with Crippen LogP contribution in [0.4, 0.5) is 5.69 Å². The molecular weight excluding hydrogens is 338 g/mol. The van der Waals surface area contributed by atoms with Gasteiger partial charge in [-0.3, -0.25) is 14.7 Å². The average molecular weight is 361 g/mol. The number of nitriles is 1. The smallest absolute Gasteiger partial charge is 0.180 e. The Labute approximate surface area is 159 Å². The average Bonchev–Trinajstić information content (AvgIpc) is 3.00. The standard InChI is InChI=1S/C21H23N5O/c1-4-18-21(23-3)20(19(27)14-25-10-6-5-7-11-25)15(2)26(18)17-9-8-16(12-22)24-13-17/h4,8-9,13H,1,3,5-7,10-11,14H2,2H3. The first-order valence-corrected chi connectivity index (χ1v) is 9.07. The molecular formula is C21H23N5O. The number of aliphatic imine (C=N–C) groups is 1. The first-order chi connectivity index (χ1) is 13.1. The summed E-state index contributed by atoms with van der Waals surface area (Å²) in [5.74, 6) is 0.0419. The number of piperidine rings is 1. The van der Waals surface area contributed by atoms with Crippen LogP contribution in [0.1, 0.15) is 46.7 Å². The van der Waals surface area contributed by atoms with Crippen LogP contribution in [0.2, 0.25) is 0 Å². The van der Waals surface area contributed by atoms with Gasteiger partial charge in [-0.2, -0.15) is 5.26 Å². The molecule has 27 heavy (non-hydrogen) atoms. The molecule has 2 aromatic rings. The minimum Gasteiger partial charge on any atom is -0.310 e. The molecule has 1 aliphatic rings. The topological polar surface area (TPSA) is 74.3 Å². The van der Waals surface area contributed by atoms with Gasteiger partial charge in [0.25, 0.3) is 0 Å².